The molecule has 0 aliphatic heterocycles. The molecular weight excluding hydrogens is 264 g/mol. The van der Waals surface area contributed by atoms with Crippen LogP contribution >= 0.6 is 0 Å². The van der Waals surface area contributed by atoms with Crippen LogP contribution in [-0.4, -0.2) is 30.5 Å². The van der Waals surface area contributed by atoms with Gasteiger partial charge in [-0.3, -0.25) is 0 Å². The van der Waals surface area contributed by atoms with Gasteiger partial charge >= 0.3 is 0 Å². The van der Waals surface area contributed by atoms with Crippen LogP contribution in [0.5, 0.6) is 0 Å². The van der Waals surface area contributed by atoms with Gasteiger partial charge in [0.1, 0.15) is 0 Å². The molecule has 2 nitrogen and oxygen atoms in total. The van der Waals surface area contributed by atoms with E-state index in [1.54, 1.807) is 0 Å². The first-order valence-corrected chi connectivity index (χ1v) is 10.5. The summed E-state index contributed by atoms with van der Waals surface area (Å²) in [6, 6.07) is 10.0. The second kappa shape index (κ2) is 6.42. The van der Waals surface area contributed by atoms with Crippen molar-refractivity contribution in [3.8, 4) is 0 Å². The number of benzene rings is 1. The lowest BCUT2D eigenvalue weighted by Gasteiger charge is -2.46. The van der Waals surface area contributed by atoms with Gasteiger partial charge in [0.25, 0.3) is 0 Å². The lowest BCUT2D eigenvalue weighted by atomic mass is 10.0. The molecule has 0 aliphatic carbocycles. The lowest BCUT2D eigenvalue weighted by molar-refractivity contribution is 0.0858. The predicted octanol–water partition coefficient (Wildman–Crippen LogP) is 3.85. The van der Waals surface area contributed by atoms with Crippen LogP contribution in [0.3, 0.4) is 0 Å². The van der Waals surface area contributed by atoms with Gasteiger partial charge in [-0.25, -0.2) is 0 Å². The second-order valence-corrected chi connectivity index (χ2v) is 13.1. The Morgan fingerprint density at radius 3 is 1.95 bits per heavy atom. The zero-order valence-corrected chi connectivity index (χ0v) is 14.7. The Hall–Kier alpha value is -0.643. The van der Waals surface area contributed by atoms with Gasteiger partial charge in [0, 0.05) is 5.54 Å². The van der Waals surface area contributed by atoms with Crippen molar-refractivity contribution in [3.05, 3.63) is 35.9 Å². The number of aliphatic hydroxyl groups is 2. The van der Waals surface area contributed by atoms with Crippen molar-refractivity contribution in [2.45, 2.75) is 70.0 Å². The summed E-state index contributed by atoms with van der Waals surface area (Å²) >= 11 is 0. The van der Waals surface area contributed by atoms with Crippen LogP contribution in [0.25, 0.3) is 0 Å². The van der Waals surface area contributed by atoms with Gasteiger partial charge in [-0.1, -0.05) is 64.2 Å². The zero-order chi connectivity index (χ0) is 15.6. The average Bonchev–Trinajstić information content (AvgIpc) is 2.27. The molecule has 0 fully saturated rings. The molecule has 1 unspecified atom stereocenters. The van der Waals surface area contributed by atoms with E-state index in [1.807, 2.05) is 37.3 Å². The van der Waals surface area contributed by atoms with Crippen LogP contribution in [0.2, 0.25) is 23.7 Å². The Kier molecular flexibility index (Phi) is 5.59. The maximum absolute atomic E-state index is 10.7. The Bertz CT molecular complexity index is 407. The van der Waals surface area contributed by atoms with Crippen LogP contribution in [0.15, 0.2) is 30.3 Å². The van der Waals surface area contributed by atoms with Gasteiger partial charge in [-0.15, -0.1) is 0 Å². The summed E-state index contributed by atoms with van der Waals surface area (Å²) < 4.78 is 0. The van der Waals surface area contributed by atoms with Crippen molar-refractivity contribution in [2.24, 2.45) is 0 Å². The molecule has 3 heteroatoms. The Morgan fingerprint density at radius 2 is 1.55 bits per heavy atom. The van der Waals surface area contributed by atoms with Crippen molar-refractivity contribution < 1.29 is 10.2 Å². The molecule has 1 rings (SSSR count). The minimum atomic E-state index is -1.81. The standard InChI is InChI=1S/C17H30O2Si/c1-13(18)16(20(5,6)17(2,3)4)15(19)12-14-10-8-7-9-11-14/h7-11,13,15-16,18-19H,12H2,1-6H3/t13-,15-,16?/m0/s1. The van der Waals surface area contributed by atoms with E-state index in [0.717, 1.165) is 5.56 Å². The summed E-state index contributed by atoms with van der Waals surface area (Å²) in [7, 11) is -1.81. The van der Waals surface area contributed by atoms with Gasteiger partial charge in [0.05, 0.1) is 20.3 Å². The van der Waals surface area contributed by atoms with Gasteiger partial charge in [-0.05, 0) is 23.9 Å². The molecule has 0 aliphatic rings. The smallest absolute Gasteiger partial charge is 0.0620 e. The first kappa shape index (κ1) is 17.4. The minimum Gasteiger partial charge on any atom is -0.393 e. The molecule has 1 aromatic carbocycles. The maximum Gasteiger partial charge on any atom is 0.0620 e. The van der Waals surface area contributed by atoms with Gasteiger partial charge in [0.15, 0.2) is 0 Å². The molecule has 0 spiro atoms. The van der Waals surface area contributed by atoms with E-state index in [-0.39, 0.29) is 10.6 Å². The molecule has 0 amide bonds. The molecule has 0 saturated carbocycles. The number of hydrogen-bond acceptors (Lipinski definition) is 2. The summed E-state index contributed by atoms with van der Waals surface area (Å²) in [5, 5.41) is 21.1. The van der Waals surface area contributed by atoms with Crippen molar-refractivity contribution in [3.63, 3.8) is 0 Å². The summed E-state index contributed by atoms with van der Waals surface area (Å²) in [4.78, 5) is 0. The van der Waals surface area contributed by atoms with Gasteiger partial charge in [0.2, 0.25) is 0 Å². The largest absolute Gasteiger partial charge is 0.393 e. The highest BCUT2D eigenvalue weighted by Crippen LogP contribution is 2.46. The lowest BCUT2D eigenvalue weighted by Crippen LogP contribution is -2.51. The fraction of sp³-hybridized carbons (Fsp3) is 0.647. The third kappa shape index (κ3) is 3.93. The number of hydrogen-bond donors (Lipinski definition) is 2. The van der Waals surface area contributed by atoms with E-state index in [0.29, 0.717) is 6.42 Å². The van der Waals surface area contributed by atoms with Crippen LogP contribution in [-0.2, 0) is 6.42 Å². The van der Waals surface area contributed by atoms with E-state index in [2.05, 4.69) is 33.9 Å². The zero-order valence-electron chi connectivity index (χ0n) is 13.7. The van der Waals surface area contributed by atoms with Crippen molar-refractivity contribution in [1.82, 2.24) is 0 Å². The second-order valence-electron chi connectivity index (χ2n) is 7.50. The average molecular weight is 295 g/mol. The first-order chi connectivity index (χ1) is 9.07. The third-order valence-electron chi connectivity index (χ3n) is 4.99. The van der Waals surface area contributed by atoms with E-state index in [4.69, 9.17) is 0 Å². The molecule has 0 aromatic heterocycles. The van der Waals surface area contributed by atoms with E-state index in [1.165, 1.54) is 0 Å². The Morgan fingerprint density at radius 1 is 1.05 bits per heavy atom. The SMILES string of the molecule is C[C@H](O)C([C@@H](O)Cc1ccccc1)[Si](C)(C)C(C)(C)C. The normalized spacial score (nSPS) is 17.6. The highest BCUT2D eigenvalue weighted by molar-refractivity contribution is 6.81. The molecule has 0 heterocycles. The Labute approximate surface area is 124 Å². The Balaban J connectivity index is 2.97. The van der Waals surface area contributed by atoms with E-state index < -0.39 is 20.3 Å². The summed E-state index contributed by atoms with van der Waals surface area (Å²) in [5.41, 5.74) is 1.10. The molecule has 0 bridgehead atoms. The molecular formula is C17H30O2Si. The fourth-order valence-corrected chi connectivity index (χ4v) is 6.17. The van der Waals surface area contributed by atoms with Crippen LogP contribution < -0.4 is 0 Å². The molecule has 2 N–H and O–H groups in total. The van der Waals surface area contributed by atoms with Crippen molar-refractivity contribution in [2.75, 3.05) is 0 Å². The van der Waals surface area contributed by atoms with Crippen LogP contribution in [0.1, 0.15) is 33.3 Å². The molecule has 0 radical (unpaired) electrons. The van der Waals surface area contributed by atoms with Crippen molar-refractivity contribution >= 4 is 8.07 Å². The monoisotopic (exact) mass is 294 g/mol. The van der Waals surface area contributed by atoms with E-state index >= 15 is 0 Å². The van der Waals surface area contributed by atoms with Gasteiger partial charge < -0.3 is 10.2 Å². The maximum atomic E-state index is 10.7. The number of aliphatic hydroxyl groups excluding tert-OH is 2. The summed E-state index contributed by atoms with van der Waals surface area (Å²) in [6.07, 6.45) is -0.351. The quantitative estimate of drug-likeness (QED) is 0.810. The summed E-state index contributed by atoms with van der Waals surface area (Å²) in [5.74, 6) is 0. The fourth-order valence-electron chi connectivity index (χ4n) is 2.89. The summed E-state index contributed by atoms with van der Waals surface area (Å²) in [6.45, 7) is 13.0. The third-order valence-corrected chi connectivity index (χ3v) is 11.4. The predicted molar refractivity (Wildman–Crippen MR) is 88.8 cm³/mol. The molecule has 20 heavy (non-hydrogen) atoms. The van der Waals surface area contributed by atoms with Gasteiger partial charge in [-0.2, -0.15) is 0 Å². The minimum absolute atomic E-state index is 0.0253. The highest BCUT2D eigenvalue weighted by Gasteiger charge is 2.47. The molecule has 1 aromatic rings. The number of rotatable bonds is 5. The topological polar surface area (TPSA) is 40.5 Å². The molecule has 114 valence electrons. The van der Waals surface area contributed by atoms with E-state index in [9.17, 15) is 10.2 Å². The highest BCUT2D eigenvalue weighted by atomic mass is 28.3. The molecule has 0 saturated heterocycles. The van der Waals surface area contributed by atoms with Crippen molar-refractivity contribution in [1.29, 1.82) is 0 Å². The molecule has 3 atom stereocenters. The first-order valence-electron chi connectivity index (χ1n) is 7.47. The van der Waals surface area contributed by atoms with Crippen LogP contribution in [0.4, 0.5) is 0 Å². The van der Waals surface area contributed by atoms with Crippen LogP contribution in [0, 0.1) is 0 Å².